The van der Waals surface area contributed by atoms with Gasteiger partial charge in [-0.25, -0.2) is 0 Å². The van der Waals surface area contributed by atoms with Gasteiger partial charge in [0.25, 0.3) is 0 Å². The van der Waals surface area contributed by atoms with Crippen LogP contribution >= 0.6 is 11.6 Å². The summed E-state index contributed by atoms with van der Waals surface area (Å²) in [6, 6.07) is 3.62. The SMILES string of the molecule is CC1(CNC(=O)Cc2cc(Cl)c3c(c2)OCCO3)CCNCC1. The second-order valence-electron chi connectivity index (χ2n) is 6.62. The maximum absolute atomic E-state index is 12.2. The molecule has 1 fully saturated rings. The summed E-state index contributed by atoms with van der Waals surface area (Å²) in [5.41, 5.74) is 1.03. The Bertz CT molecular complexity index is 585. The normalized spacial score (nSPS) is 19.2. The lowest BCUT2D eigenvalue weighted by molar-refractivity contribution is -0.121. The lowest BCUT2D eigenvalue weighted by atomic mass is 9.81. The monoisotopic (exact) mass is 338 g/mol. The number of rotatable bonds is 4. The molecule has 23 heavy (non-hydrogen) atoms. The van der Waals surface area contributed by atoms with Gasteiger partial charge in [-0.1, -0.05) is 18.5 Å². The molecule has 0 spiro atoms. The molecule has 0 aliphatic carbocycles. The minimum Gasteiger partial charge on any atom is -0.486 e. The molecule has 1 saturated heterocycles. The van der Waals surface area contributed by atoms with E-state index in [0.29, 0.717) is 42.7 Å². The number of piperidine rings is 1. The number of nitrogens with one attached hydrogen (secondary N) is 2. The van der Waals surface area contributed by atoms with Gasteiger partial charge in [-0.15, -0.1) is 0 Å². The minimum atomic E-state index is 0.0116. The van der Waals surface area contributed by atoms with E-state index in [-0.39, 0.29) is 11.3 Å². The summed E-state index contributed by atoms with van der Waals surface area (Å²) in [6.07, 6.45) is 2.47. The second kappa shape index (κ2) is 6.97. The van der Waals surface area contributed by atoms with Crippen LogP contribution < -0.4 is 20.1 Å². The molecule has 0 radical (unpaired) electrons. The molecular formula is C17H23ClN2O3. The predicted molar refractivity (Wildman–Crippen MR) is 89.4 cm³/mol. The van der Waals surface area contributed by atoms with Crippen LogP contribution in [0.25, 0.3) is 0 Å². The number of amides is 1. The van der Waals surface area contributed by atoms with E-state index < -0.39 is 0 Å². The number of hydrogen-bond acceptors (Lipinski definition) is 4. The Morgan fingerprint density at radius 1 is 1.30 bits per heavy atom. The molecule has 6 heteroatoms. The molecule has 126 valence electrons. The smallest absolute Gasteiger partial charge is 0.224 e. The number of halogens is 1. The Balaban J connectivity index is 1.58. The van der Waals surface area contributed by atoms with E-state index in [9.17, 15) is 4.79 Å². The van der Waals surface area contributed by atoms with Crippen molar-refractivity contribution >= 4 is 17.5 Å². The van der Waals surface area contributed by atoms with E-state index in [1.807, 2.05) is 6.07 Å². The van der Waals surface area contributed by atoms with Crippen LogP contribution in [0.4, 0.5) is 0 Å². The highest BCUT2D eigenvalue weighted by Crippen LogP contribution is 2.38. The fraction of sp³-hybridized carbons (Fsp3) is 0.588. The summed E-state index contributed by atoms with van der Waals surface area (Å²) in [7, 11) is 0. The van der Waals surface area contributed by atoms with Crippen molar-refractivity contribution in [3.8, 4) is 11.5 Å². The van der Waals surface area contributed by atoms with Gasteiger partial charge in [-0.05, 0) is 49.0 Å². The van der Waals surface area contributed by atoms with E-state index in [0.717, 1.165) is 31.5 Å². The first-order valence-electron chi connectivity index (χ1n) is 8.11. The topological polar surface area (TPSA) is 59.6 Å². The van der Waals surface area contributed by atoms with E-state index in [1.54, 1.807) is 6.07 Å². The molecule has 5 nitrogen and oxygen atoms in total. The molecule has 0 atom stereocenters. The van der Waals surface area contributed by atoms with Crippen LogP contribution in [-0.2, 0) is 11.2 Å². The number of carbonyl (C=O) groups excluding carboxylic acids is 1. The van der Waals surface area contributed by atoms with Crippen LogP contribution in [0.15, 0.2) is 12.1 Å². The average Bonchev–Trinajstić information content (AvgIpc) is 2.54. The van der Waals surface area contributed by atoms with Crippen LogP contribution in [0, 0.1) is 5.41 Å². The summed E-state index contributed by atoms with van der Waals surface area (Å²) < 4.78 is 11.0. The van der Waals surface area contributed by atoms with Crippen LogP contribution in [0.2, 0.25) is 5.02 Å². The third-order valence-corrected chi connectivity index (χ3v) is 4.83. The van der Waals surface area contributed by atoms with Gasteiger partial charge in [0.15, 0.2) is 11.5 Å². The molecule has 2 aliphatic heterocycles. The molecule has 3 rings (SSSR count). The van der Waals surface area contributed by atoms with Crippen LogP contribution in [0.1, 0.15) is 25.3 Å². The summed E-state index contributed by atoms with van der Waals surface area (Å²) in [6.45, 7) is 5.99. The van der Waals surface area contributed by atoms with Crippen molar-refractivity contribution in [2.75, 3.05) is 32.8 Å². The first-order valence-corrected chi connectivity index (χ1v) is 8.49. The molecule has 1 amide bonds. The Hall–Kier alpha value is -1.46. The van der Waals surface area contributed by atoms with E-state index in [4.69, 9.17) is 21.1 Å². The third-order valence-electron chi connectivity index (χ3n) is 4.54. The van der Waals surface area contributed by atoms with Crippen molar-refractivity contribution in [1.29, 1.82) is 0 Å². The van der Waals surface area contributed by atoms with E-state index in [2.05, 4.69) is 17.6 Å². The van der Waals surface area contributed by atoms with Gasteiger partial charge in [0.1, 0.15) is 13.2 Å². The predicted octanol–water partition coefficient (Wildman–Crippen LogP) is 2.16. The van der Waals surface area contributed by atoms with Crippen molar-refractivity contribution in [3.63, 3.8) is 0 Å². The molecular weight excluding hydrogens is 316 g/mol. The molecule has 0 unspecified atom stereocenters. The third kappa shape index (κ3) is 4.09. The number of fused-ring (bicyclic) bond motifs is 1. The zero-order valence-electron chi connectivity index (χ0n) is 13.4. The lowest BCUT2D eigenvalue weighted by Crippen LogP contribution is -2.43. The van der Waals surface area contributed by atoms with Crippen molar-refractivity contribution in [2.45, 2.75) is 26.2 Å². The summed E-state index contributed by atoms with van der Waals surface area (Å²) in [4.78, 5) is 12.2. The average molecular weight is 339 g/mol. The first kappa shape index (κ1) is 16.4. The summed E-state index contributed by atoms with van der Waals surface area (Å²) >= 11 is 6.21. The van der Waals surface area contributed by atoms with E-state index >= 15 is 0 Å². The molecule has 2 heterocycles. The van der Waals surface area contributed by atoms with Crippen LogP contribution in [0.5, 0.6) is 11.5 Å². The summed E-state index contributed by atoms with van der Waals surface area (Å²) in [5, 5.41) is 6.90. The highest BCUT2D eigenvalue weighted by atomic mass is 35.5. The standard InChI is InChI=1S/C17H23ClN2O3/c1-17(2-4-19-5-3-17)11-20-15(21)10-12-8-13(18)16-14(9-12)22-6-7-23-16/h8-9,19H,2-7,10-11H2,1H3,(H,20,21). The van der Waals surface area contributed by atoms with Crippen molar-refractivity contribution in [2.24, 2.45) is 5.41 Å². The number of hydrogen-bond donors (Lipinski definition) is 2. The Morgan fingerprint density at radius 2 is 2.04 bits per heavy atom. The largest absolute Gasteiger partial charge is 0.486 e. The molecule has 0 bridgehead atoms. The second-order valence-corrected chi connectivity index (χ2v) is 7.02. The quantitative estimate of drug-likeness (QED) is 0.883. The van der Waals surface area contributed by atoms with Gasteiger partial charge in [0.05, 0.1) is 11.4 Å². The zero-order chi connectivity index (χ0) is 16.3. The van der Waals surface area contributed by atoms with E-state index in [1.165, 1.54) is 0 Å². The zero-order valence-corrected chi connectivity index (χ0v) is 14.2. The van der Waals surface area contributed by atoms with Crippen molar-refractivity contribution in [1.82, 2.24) is 10.6 Å². The van der Waals surface area contributed by atoms with Crippen LogP contribution in [-0.4, -0.2) is 38.8 Å². The van der Waals surface area contributed by atoms with Gasteiger partial charge in [0, 0.05) is 6.54 Å². The first-order chi connectivity index (χ1) is 11.1. The van der Waals surface area contributed by atoms with Gasteiger partial charge >= 0.3 is 0 Å². The number of carbonyl (C=O) groups is 1. The molecule has 0 saturated carbocycles. The Labute approximate surface area is 141 Å². The highest BCUT2D eigenvalue weighted by molar-refractivity contribution is 6.32. The van der Waals surface area contributed by atoms with Crippen molar-refractivity contribution in [3.05, 3.63) is 22.7 Å². The molecule has 2 N–H and O–H groups in total. The van der Waals surface area contributed by atoms with Gasteiger partial charge in [0.2, 0.25) is 5.91 Å². The molecule has 2 aliphatic rings. The minimum absolute atomic E-state index is 0.0116. The maximum atomic E-state index is 12.2. The number of ether oxygens (including phenoxy) is 2. The van der Waals surface area contributed by atoms with Crippen molar-refractivity contribution < 1.29 is 14.3 Å². The fourth-order valence-electron chi connectivity index (χ4n) is 3.03. The lowest BCUT2D eigenvalue weighted by Gasteiger charge is -2.34. The maximum Gasteiger partial charge on any atom is 0.224 e. The molecule has 1 aromatic rings. The van der Waals surface area contributed by atoms with Gasteiger partial charge in [-0.2, -0.15) is 0 Å². The summed E-state index contributed by atoms with van der Waals surface area (Å²) in [5.74, 6) is 1.21. The number of benzene rings is 1. The fourth-order valence-corrected chi connectivity index (χ4v) is 3.32. The van der Waals surface area contributed by atoms with Gasteiger partial charge < -0.3 is 20.1 Å². The Morgan fingerprint density at radius 3 is 2.83 bits per heavy atom. The Kier molecular flexibility index (Phi) is 4.97. The molecule has 0 aromatic heterocycles. The van der Waals surface area contributed by atoms with Crippen LogP contribution in [0.3, 0.4) is 0 Å². The van der Waals surface area contributed by atoms with Gasteiger partial charge in [-0.3, -0.25) is 4.79 Å². The molecule has 1 aromatic carbocycles. The highest BCUT2D eigenvalue weighted by Gasteiger charge is 2.27.